The highest BCUT2D eigenvalue weighted by Gasteiger charge is 2.32. The van der Waals surface area contributed by atoms with Gasteiger partial charge >= 0.3 is 0 Å². The number of nitro groups is 1. The molecular weight excluding hydrogens is 426 g/mol. The van der Waals surface area contributed by atoms with Gasteiger partial charge in [0.25, 0.3) is 11.6 Å². The molecule has 2 aromatic carbocycles. The standard InChI is InChI=1S/C24H21N3O4S/c1-4-26-23(28)22(32-24(26)25-18-9-5-15(2)6-10-18)14-19-11-12-21(31-19)17-8-7-16(3)20(13-17)27(29)30/h5-14H,4H2,1-3H3/b22-14+,25-24?. The van der Waals surface area contributed by atoms with Crippen LogP contribution in [-0.4, -0.2) is 27.4 Å². The van der Waals surface area contributed by atoms with E-state index in [4.69, 9.17) is 4.42 Å². The first-order valence-corrected chi connectivity index (χ1v) is 10.9. The molecule has 32 heavy (non-hydrogen) atoms. The maximum Gasteiger partial charge on any atom is 0.273 e. The number of nitro benzene ring substituents is 1. The average molecular weight is 448 g/mol. The lowest BCUT2D eigenvalue weighted by Gasteiger charge is -2.11. The maximum atomic E-state index is 12.9. The van der Waals surface area contributed by atoms with Crippen LogP contribution >= 0.6 is 11.8 Å². The molecule has 1 aliphatic rings. The maximum absolute atomic E-state index is 12.9. The van der Waals surface area contributed by atoms with E-state index in [2.05, 4.69) is 4.99 Å². The molecule has 0 atom stereocenters. The Hall–Kier alpha value is -3.65. The van der Waals surface area contributed by atoms with Crippen molar-refractivity contribution in [1.29, 1.82) is 0 Å². The van der Waals surface area contributed by atoms with E-state index in [-0.39, 0.29) is 11.6 Å². The number of carbonyl (C=O) groups excluding carboxylic acids is 1. The minimum Gasteiger partial charge on any atom is -0.457 e. The smallest absolute Gasteiger partial charge is 0.273 e. The van der Waals surface area contributed by atoms with Crippen LogP contribution < -0.4 is 0 Å². The third-order valence-corrected chi connectivity index (χ3v) is 6.06. The van der Waals surface area contributed by atoms with Crippen molar-refractivity contribution in [1.82, 2.24) is 4.90 Å². The molecule has 0 unspecified atom stereocenters. The Morgan fingerprint density at radius 2 is 1.88 bits per heavy atom. The molecule has 1 fully saturated rings. The fourth-order valence-corrected chi connectivity index (χ4v) is 4.32. The minimum atomic E-state index is -0.410. The Morgan fingerprint density at radius 3 is 2.56 bits per heavy atom. The van der Waals surface area contributed by atoms with Crippen LogP contribution in [0.3, 0.4) is 0 Å². The molecule has 3 aromatic rings. The summed E-state index contributed by atoms with van der Waals surface area (Å²) in [5, 5.41) is 11.8. The normalized spacial score (nSPS) is 16.3. The molecule has 1 saturated heterocycles. The number of hydrogen-bond acceptors (Lipinski definition) is 6. The van der Waals surface area contributed by atoms with Crippen LogP contribution in [0.2, 0.25) is 0 Å². The van der Waals surface area contributed by atoms with Gasteiger partial charge in [-0.15, -0.1) is 0 Å². The molecule has 1 aliphatic heterocycles. The number of amides is 1. The van der Waals surface area contributed by atoms with Crippen molar-refractivity contribution >= 4 is 40.3 Å². The van der Waals surface area contributed by atoms with Gasteiger partial charge < -0.3 is 4.42 Å². The summed E-state index contributed by atoms with van der Waals surface area (Å²) in [6.45, 7) is 6.11. The topological polar surface area (TPSA) is 89.0 Å². The van der Waals surface area contributed by atoms with Crippen molar-refractivity contribution in [2.45, 2.75) is 20.8 Å². The molecule has 1 aromatic heterocycles. The lowest BCUT2D eigenvalue weighted by Crippen LogP contribution is -2.28. The van der Waals surface area contributed by atoms with Crippen molar-refractivity contribution in [2.24, 2.45) is 4.99 Å². The van der Waals surface area contributed by atoms with Gasteiger partial charge in [-0.25, -0.2) is 4.99 Å². The van der Waals surface area contributed by atoms with E-state index in [9.17, 15) is 14.9 Å². The van der Waals surface area contributed by atoms with E-state index in [1.807, 2.05) is 38.1 Å². The first-order chi connectivity index (χ1) is 15.4. The van der Waals surface area contributed by atoms with Crippen LogP contribution in [0.5, 0.6) is 0 Å². The van der Waals surface area contributed by atoms with Crippen molar-refractivity contribution in [3.8, 4) is 11.3 Å². The summed E-state index contributed by atoms with van der Waals surface area (Å²) in [7, 11) is 0. The molecule has 0 aliphatic carbocycles. The number of nitrogens with zero attached hydrogens (tertiary/aromatic N) is 3. The zero-order valence-corrected chi connectivity index (χ0v) is 18.7. The van der Waals surface area contributed by atoms with Crippen LogP contribution in [0.4, 0.5) is 11.4 Å². The first kappa shape index (κ1) is 21.6. The zero-order valence-electron chi connectivity index (χ0n) is 17.9. The number of rotatable bonds is 5. The first-order valence-electron chi connectivity index (χ1n) is 10.1. The van der Waals surface area contributed by atoms with E-state index in [1.165, 1.54) is 17.8 Å². The van der Waals surface area contributed by atoms with Gasteiger partial charge in [0.05, 0.1) is 15.5 Å². The fourth-order valence-electron chi connectivity index (χ4n) is 3.27. The van der Waals surface area contributed by atoms with Crippen molar-refractivity contribution < 1.29 is 14.1 Å². The predicted octanol–water partition coefficient (Wildman–Crippen LogP) is 6.10. The molecule has 7 nitrogen and oxygen atoms in total. The Kier molecular flexibility index (Phi) is 5.96. The SMILES string of the molecule is CCN1C(=O)/C(=C\c2ccc(-c3ccc(C)c([N+](=O)[O-])c3)o2)SC1=Nc1ccc(C)cc1. The van der Waals surface area contributed by atoms with Crippen LogP contribution in [-0.2, 0) is 4.79 Å². The van der Waals surface area contributed by atoms with E-state index in [0.29, 0.717) is 39.3 Å². The summed E-state index contributed by atoms with van der Waals surface area (Å²) in [6.07, 6.45) is 1.68. The lowest BCUT2D eigenvalue weighted by atomic mass is 10.1. The summed E-state index contributed by atoms with van der Waals surface area (Å²) in [6, 6.07) is 16.2. The molecule has 4 rings (SSSR count). The highest BCUT2D eigenvalue weighted by Crippen LogP contribution is 2.35. The number of amidine groups is 1. The van der Waals surface area contributed by atoms with Gasteiger partial charge in [0, 0.05) is 29.8 Å². The zero-order chi connectivity index (χ0) is 22.8. The largest absolute Gasteiger partial charge is 0.457 e. The van der Waals surface area contributed by atoms with Gasteiger partial charge in [-0.2, -0.15) is 0 Å². The Morgan fingerprint density at radius 1 is 1.12 bits per heavy atom. The van der Waals surface area contributed by atoms with Gasteiger partial charge in [0.1, 0.15) is 11.5 Å². The van der Waals surface area contributed by atoms with Crippen LogP contribution in [0.1, 0.15) is 23.8 Å². The van der Waals surface area contributed by atoms with E-state index >= 15 is 0 Å². The van der Waals surface area contributed by atoms with Crippen molar-refractivity contribution in [3.05, 3.63) is 86.5 Å². The number of aryl methyl sites for hydroxylation is 2. The highest BCUT2D eigenvalue weighted by atomic mass is 32.2. The number of likely N-dealkylation sites (N-methyl/N-ethyl adjacent to an activating group) is 1. The minimum absolute atomic E-state index is 0.0378. The molecule has 162 valence electrons. The lowest BCUT2D eigenvalue weighted by molar-refractivity contribution is -0.385. The van der Waals surface area contributed by atoms with Gasteiger partial charge in [-0.05, 0) is 56.8 Å². The van der Waals surface area contributed by atoms with Crippen molar-refractivity contribution in [2.75, 3.05) is 6.54 Å². The summed E-state index contributed by atoms with van der Waals surface area (Å²) in [4.78, 5) is 30.4. The number of carbonyl (C=O) groups is 1. The second-order valence-electron chi connectivity index (χ2n) is 7.35. The number of benzene rings is 2. The number of thioether (sulfide) groups is 1. The van der Waals surface area contributed by atoms with E-state index in [0.717, 1.165) is 11.3 Å². The molecule has 1 amide bonds. The third kappa shape index (κ3) is 4.36. The third-order valence-electron chi connectivity index (χ3n) is 5.05. The molecule has 0 bridgehead atoms. The average Bonchev–Trinajstić information content (AvgIpc) is 3.34. The summed E-state index contributed by atoms with van der Waals surface area (Å²) in [5.74, 6) is 0.857. The Balaban J connectivity index is 1.61. The van der Waals surface area contributed by atoms with E-state index in [1.54, 1.807) is 42.2 Å². The molecule has 2 heterocycles. The highest BCUT2D eigenvalue weighted by molar-refractivity contribution is 8.18. The fraction of sp³-hybridized carbons (Fsp3) is 0.167. The van der Waals surface area contributed by atoms with Gasteiger partial charge in [-0.1, -0.05) is 29.8 Å². The molecule has 8 heteroatoms. The summed E-state index contributed by atoms with van der Waals surface area (Å²) >= 11 is 1.30. The van der Waals surface area contributed by atoms with Gasteiger partial charge in [0.15, 0.2) is 5.17 Å². The van der Waals surface area contributed by atoms with Gasteiger partial charge in [-0.3, -0.25) is 19.8 Å². The molecular formula is C24H21N3O4S. The van der Waals surface area contributed by atoms with Crippen molar-refractivity contribution in [3.63, 3.8) is 0 Å². The molecule has 0 saturated carbocycles. The van der Waals surface area contributed by atoms with Crippen LogP contribution in [0, 0.1) is 24.0 Å². The Labute approximate surface area is 189 Å². The number of furan rings is 1. The quantitative estimate of drug-likeness (QED) is 0.268. The predicted molar refractivity (Wildman–Crippen MR) is 127 cm³/mol. The Bertz CT molecular complexity index is 1260. The monoisotopic (exact) mass is 447 g/mol. The second kappa shape index (κ2) is 8.84. The number of hydrogen-bond donors (Lipinski definition) is 0. The number of aliphatic imine (C=N–C) groups is 1. The van der Waals surface area contributed by atoms with Gasteiger partial charge in [0.2, 0.25) is 0 Å². The molecule has 0 radical (unpaired) electrons. The summed E-state index contributed by atoms with van der Waals surface area (Å²) < 4.78 is 5.87. The van der Waals surface area contributed by atoms with Crippen LogP contribution in [0.15, 0.2) is 68.9 Å². The van der Waals surface area contributed by atoms with Crippen LogP contribution in [0.25, 0.3) is 17.4 Å². The van der Waals surface area contributed by atoms with E-state index < -0.39 is 4.92 Å². The molecule has 0 spiro atoms. The summed E-state index contributed by atoms with van der Waals surface area (Å²) in [5.41, 5.74) is 3.15. The molecule has 0 N–H and O–H groups in total. The second-order valence-corrected chi connectivity index (χ2v) is 8.36.